The van der Waals surface area contributed by atoms with Gasteiger partial charge >= 0.3 is 5.97 Å². The van der Waals surface area contributed by atoms with Crippen LogP contribution in [0.25, 0.3) is 0 Å². The van der Waals surface area contributed by atoms with E-state index < -0.39 is 24.0 Å². The Labute approximate surface area is 102 Å². The van der Waals surface area contributed by atoms with Gasteiger partial charge in [-0.1, -0.05) is 0 Å². The Bertz CT molecular complexity index is 446. The molecule has 0 saturated carbocycles. The molecule has 100 valence electrons. The molecule has 0 saturated heterocycles. The lowest BCUT2D eigenvalue weighted by atomic mass is 10.2. The van der Waals surface area contributed by atoms with E-state index in [1.807, 2.05) is 0 Å². The summed E-state index contributed by atoms with van der Waals surface area (Å²) in [7, 11) is 1.42. The number of rotatable bonds is 5. The number of aromatic nitrogens is 2. The number of alkyl halides is 2. The fourth-order valence-electron chi connectivity index (χ4n) is 1.30. The monoisotopic (exact) mass is 261 g/mol. The van der Waals surface area contributed by atoms with E-state index in [0.717, 1.165) is 4.68 Å². The molecule has 0 atom stereocenters. The van der Waals surface area contributed by atoms with Crippen molar-refractivity contribution in [2.75, 3.05) is 13.2 Å². The summed E-state index contributed by atoms with van der Waals surface area (Å²) in [5, 5.41) is 5.68. The zero-order valence-electron chi connectivity index (χ0n) is 9.94. The normalized spacial score (nSPS) is 10.5. The van der Waals surface area contributed by atoms with Crippen LogP contribution < -0.4 is 5.32 Å². The van der Waals surface area contributed by atoms with E-state index >= 15 is 0 Å². The SMILES string of the molecule is CCOC(=O)CNC(=O)c1cn(C)nc1C(F)F. The summed E-state index contributed by atoms with van der Waals surface area (Å²) in [5.74, 6) is -1.42. The Hall–Kier alpha value is -1.99. The Kier molecular flexibility index (Phi) is 4.75. The predicted molar refractivity (Wildman–Crippen MR) is 57.1 cm³/mol. The number of nitrogens with one attached hydrogen (secondary N) is 1. The standard InChI is InChI=1S/C10H13F2N3O3/c1-3-18-7(16)4-13-10(17)6-5-15(2)14-8(6)9(11)12/h5,9H,3-4H2,1-2H3,(H,13,17). The number of esters is 1. The van der Waals surface area contributed by atoms with E-state index in [1.54, 1.807) is 6.92 Å². The van der Waals surface area contributed by atoms with Crippen LogP contribution in [0.1, 0.15) is 29.4 Å². The molecule has 8 heteroatoms. The van der Waals surface area contributed by atoms with Crippen LogP contribution in [0.5, 0.6) is 0 Å². The Balaban J connectivity index is 2.69. The first-order valence-corrected chi connectivity index (χ1v) is 5.21. The predicted octanol–water partition coefficient (Wildman–Crippen LogP) is 0.651. The molecule has 0 radical (unpaired) electrons. The summed E-state index contributed by atoms with van der Waals surface area (Å²) in [6.45, 7) is 1.43. The first-order chi connectivity index (χ1) is 8.45. The van der Waals surface area contributed by atoms with Crippen molar-refractivity contribution in [3.63, 3.8) is 0 Å². The van der Waals surface area contributed by atoms with Gasteiger partial charge in [0.2, 0.25) is 0 Å². The van der Waals surface area contributed by atoms with Gasteiger partial charge in [-0.05, 0) is 6.92 Å². The number of hydrogen-bond donors (Lipinski definition) is 1. The van der Waals surface area contributed by atoms with Crippen LogP contribution in [0.15, 0.2) is 6.20 Å². The van der Waals surface area contributed by atoms with Gasteiger partial charge in [0.05, 0.1) is 12.2 Å². The molecular weight excluding hydrogens is 248 g/mol. The second kappa shape index (κ2) is 6.08. The quantitative estimate of drug-likeness (QED) is 0.790. The maximum atomic E-state index is 12.6. The molecule has 1 amide bonds. The highest BCUT2D eigenvalue weighted by molar-refractivity contribution is 5.96. The summed E-state index contributed by atoms with van der Waals surface area (Å²) >= 11 is 0. The van der Waals surface area contributed by atoms with Crippen LogP contribution in [0, 0.1) is 0 Å². The van der Waals surface area contributed by atoms with Crippen LogP contribution >= 0.6 is 0 Å². The number of carbonyl (C=O) groups excluding carboxylic acids is 2. The molecule has 18 heavy (non-hydrogen) atoms. The summed E-state index contributed by atoms with van der Waals surface area (Å²) in [6, 6.07) is 0. The van der Waals surface area contributed by atoms with Crippen molar-refractivity contribution in [2.24, 2.45) is 7.05 Å². The van der Waals surface area contributed by atoms with Crippen molar-refractivity contribution in [1.29, 1.82) is 0 Å². The number of nitrogens with zero attached hydrogens (tertiary/aromatic N) is 2. The minimum atomic E-state index is -2.85. The van der Waals surface area contributed by atoms with Crippen LogP contribution in [-0.2, 0) is 16.6 Å². The van der Waals surface area contributed by atoms with Gasteiger partial charge in [0, 0.05) is 13.2 Å². The average Bonchev–Trinajstić information content (AvgIpc) is 2.69. The molecule has 1 N–H and O–H groups in total. The number of halogens is 2. The summed E-state index contributed by atoms with van der Waals surface area (Å²) < 4.78 is 30.8. The molecular formula is C10H13F2N3O3. The van der Waals surface area contributed by atoms with E-state index in [-0.39, 0.29) is 18.7 Å². The molecule has 1 aromatic heterocycles. The van der Waals surface area contributed by atoms with Crippen molar-refractivity contribution in [3.05, 3.63) is 17.5 Å². The molecule has 1 rings (SSSR count). The summed E-state index contributed by atoms with van der Waals surface area (Å²) in [6.07, 6.45) is -1.68. The summed E-state index contributed by atoms with van der Waals surface area (Å²) in [4.78, 5) is 22.6. The largest absolute Gasteiger partial charge is 0.465 e. The fraction of sp³-hybridized carbons (Fsp3) is 0.500. The van der Waals surface area contributed by atoms with Gasteiger partial charge in [-0.2, -0.15) is 5.10 Å². The Morgan fingerprint density at radius 3 is 2.78 bits per heavy atom. The lowest BCUT2D eigenvalue weighted by Crippen LogP contribution is -2.31. The van der Waals surface area contributed by atoms with Gasteiger partial charge in [-0.3, -0.25) is 14.3 Å². The minimum absolute atomic E-state index is 0.184. The van der Waals surface area contributed by atoms with Crippen molar-refractivity contribution < 1.29 is 23.1 Å². The lowest BCUT2D eigenvalue weighted by Gasteiger charge is -2.04. The highest BCUT2D eigenvalue weighted by Crippen LogP contribution is 2.20. The highest BCUT2D eigenvalue weighted by Gasteiger charge is 2.22. The van der Waals surface area contributed by atoms with Gasteiger partial charge in [0.15, 0.2) is 0 Å². The van der Waals surface area contributed by atoms with Crippen LogP contribution in [0.4, 0.5) is 8.78 Å². The van der Waals surface area contributed by atoms with Crippen molar-refractivity contribution in [3.8, 4) is 0 Å². The zero-order chi connectivity index (χ0) is 13.7. The second-order valence-corrected chi connectivity index (χ2v) is 3.39. The minimum Gasteiger partial charge on any atom is -0.465 e. The molecule has 1 aromatic rings. The van der Waals surface area contributed by atoms with Gasteiger partial charge in [0.25, 0.3) is 12.3 Å². The van der Waals surface area contributed by atoms with E-state index in [2.05, 4.69) is 15.2 Å². The molecule has 0 aliphatic rings. The third-order valence-corrected chi connectivity index (χ3v) is 2.01. The molecule has 0 fully saturated rings. The maximum Gasteiger partial charge on any atom is 0.325 e. The summed E-state index contributed by atoms with van der Waals surface area (Å²) in [5.41, 5.74) is -0.865. The van der Waals surface area contributed by atoms with E-state index in [1.165, 1.54) is 13.2 Å². The maximum absolute atomic E-state index is 12.6. The van der Waals surface area contributed by atoms with Crippen LogP contribution in [0.3, 0.4) is 0 Å². The molecule has 0 unspecified atom stereocenters. The van der Waals surface area contributed by atoms with E-state index in [0.29, 0.717) is 0 Å². The molecule has 0 spiro atoms. The van der Waals surface area contributed by atoms with E-state index in [9.17, 15) is 18.4 Å². The molecule has 1 heterocycles. The molecule has 6 nitrogen and oxygen atoms in total. The second-order valence-electron chi connectivity index (χ2n) is 3.39. The van der Waals surface area contributed by atoms with Gasteiger partial charge in [0.1, 0.15) is 12.2 Å². The fourth-order valence-corrected chi connectivity index (χ4v) is 1.30. The third-order valence-electron chi connectivity index (χ3n) is 2.01. The van der Waals surface area contributed by atoms with Crippen LogP contribution in [-0.4, -0.2) is 34.8 Å². The zero-order valence-corrected chi connectivity index (χ0v) is 9.94. The number of amides is 1. The molecule has 0 aliphatic heterocycles. The smallest absolute Gasteiger partial charge is 0.325 e. The van der Waals surface area contributed by atoms with Gasteiger partial charge < -0.3 is 10.1 Å². The molecule has 0 aliphatic carbocycles. The number of hydrogen-bond acceptors (Lipinski definition) is 4. The van der Waals surface area contributed by atoms with Gasteiger partial charge in [-0.15, -0.1) is 0 Å². The van der Waals surface area contributed by atoms with E-state index in [4.69, 9.17) is 0 Å². The third kappa shape index (κ3) is 3.51. The topological polar surface area (TPSA) is 73.2 Å². The molecule has 0 bridgehead atoms. The first kappa shape index (κ1) is 14.1. The first-order valence-electron chi connectivity index (χ1n) is 5.21. The number of carbonyl (C=O) groups is 2. The molecule has 0 aromatic carbocycles. The highest BCUT2D eigenvalue weighted by atomic mass is 19.3. The van der Waals surface area contributed by atoms with Gasteiger partial charge in [-0.25, -0.2) is 8.78 Å². The van der Waals surface area contributed by atoms with Crippen molar-refractivity contribution in [1.82, 2.24) is 15.1 Å². The lowest BCUT2D eigenvalue weighted by molar-refractivity contribution is -0.141. The Morgan fingerprint density at radius 2 is 2.22 bits per heavy atom. The Morgan fingerprint density at radius 1 is 1.56 bits per heavy atom. The number of aryl methyl sites for hydroxylation is 1. The van der Waals surface area contributed by atoms with Crippen molar-refractivity contribution >= 4 is 11.9 Å². The van der Waals surface area contributed by atoms with Crippen LogP contribution in [0.2, 0.25) is 0 Å². The van der Waals surface area contributed by atoms with Crippen molar-refractivity contribution in [2.45, 2.75) is 13.3 Å². The average molecular weight is 261 g/mol. The number of ether oxygens (including phenoxy) is 1.